The van der Waals surface area contributed by atoms with Crippen molar-refractivity contribution in [3.05, 3.63) is 56.1 Å². The van der Waals surface area contributed by atoms with Gasteiger partial charge in [0.1, 0.15) is 17.4 Å². The Bertz CT molecular complexity index is 808. The highest BCUT2D eigenvalue weighted by atomic mass is 79.9. The van der Waals surface area contributed by atoms with Crippen LogP contribution in [0.5, 0.6) is 5.75 Å². The summed E-state index contributed by atoms with van der Waals surface area (Å²) in [6.07, 6.45) is 0.311. The molecule has 0 bridgehead atoms. The topological polar surface area (TPSA) is 39.2 Å². The maximum absolute atomic E-state index is 12.0. The molecule has 0 aliphatic rings. The number of thiophene rings is 1. The minimum atomic E-state index is 0.0242. The zero-order valence-corrected chi connectivity index (χ0v) is 15.6. The van der Waals surface area contributed by atoms with Crippen molar-refractivity contribution in [2.45, 2.75) is 13.3 Å². The molecule has 0 N–H and O–H groups in total. The summed E-state index contributed by atoms with van der Waals surface area (Å²) in [5.74, 6) is 0.714. The zero-order chi connectivity index (χ0) is 16.2. The van der Waals surface area contributed by atoms with Gasteiger partial charge in [-0.15, -0.1) is 22.7 Å². The molecule has 3 nitrogen and oxygen atoms in total. The van der Waals surface area contributed by atoms with Gasteiger partial charge in [-0.25, -0.2) is 4.98 Å². The van der Waals surface area contributed by atoms with Crippen LogP contribution >= 0.6 is 38.6 Å². The molecule has 23 heavy (non-hydrogen) atoms. The van der Waals surface area contributed by atoms with Crippen LogP contribution in [-0.2, 0) is 11.2 Å². The number of halogens is 1. The molecule has 0 atom stereocenters. The number of thiazole rings is 1. The summed E-state index contributed by atoms with van der Waals surface area (Å²) in [5.41, 5.74) is 0.949. The Kier molecular flexibility index (Phi) is 5.25. The molecule has 118 valence electrons. The summed E-state index contributed by atoms with van der Waals surface area (Å²) >= 11 is 6.60. The third kappa shape index (κ3) is 4.50. The highest BCUT2D eigenvalue weighted by molar-refractivity contribution is 9.10. The zero-order valence-electron chi connectivity index (χ0n) is 12.4. The van der Waals surface area contributed by atoms with Gasteiger partial charge < -0.3 is 4.74 Å². The van der Waals surface area contributed by atoms with E-state index in [0.29, 0.717) is 12.2 Å². The maximum Gasteiger partial charge on any atom is 0.176 e. The van der Waals surface area contributed by atoms with Crippen LogP contribution in [0.15, 0.2) is 46.3 Å². The Balaban J connectivity index is 1.56. The molecule has 0 radical (unpaired) electrons. The van der Waals surface area contributed by atoms with Crippen molar-refractivity contribution in [3.63, 3.8) is 0 Å². The molecule has 6 heteroatoms. The fourth-order valence-electron chi connectivity index (χ4n) is 1.99. The minimum absolute atomic E-state index is 0.0242. The molecule has 2 heterocycles. The average Bonchev–Trinajstić information content (AvgIpc) is 3.16. The van der Waals surface area contributed by atoms with Gasteiger partial charge >= 0.3 is 0 Å². The molecule has 1 aromatic carbocycles. The largest absolute Gasteiger partial charge is 0.486 e. The molecule has 0 aliphatic carbocycles. The van der Waals surface area contributed by atoms with E-state index in [-0.39, 0.29) is 12.4 Å². The summed E-state index contributed by atoms with van der Waals surface area (Å²) < 4.78 is 6.48. The minimum Gasteiger partial charge on any atom is -0.486 e. The second-order valence-corrected chi connectivity index (χ2v) is 8.14. The van der Waals surface area contributed by atoms with E-state index in [0.717, 1.165) is 20.1 Å². The highest BCUT2D eigenvalue weighted by Crippen LogP contribution is 2.28. The number of benzene rings is 1. The number of carbonyl (C=O) groups excluding carboxylic acids is 1. The second-order valence-electron chi connectivity index (χ2n) is 4.99. The van der Waals surface area contributed by atoms with E-state index >= 15 is 0 Å². The number of rotatable bonds is 6. The Hall–Kier alpha value is -1.50. The van der Waals surface area contributed by atoms with Crippen molar-refractivity contribution >= 4 is 44.4 Å². The third-order valence-electron chi connectivity index (χ3n) is 3.11. The van der Waals surface area contributed by atoms with Crippen LogP contribution in [0, 0.1) is 6.92 Å². The van der Waals surface area contributed by atoms with Gasteiger partial charge in [0.05, 0.1) is 17.0 Å². The molecule has 0 aliphatic heterocycles. The second kappa shape index (κ2) is 7.38. The molecule has 0 amide bonds. The summed E-state index contributed by atoms with van der Waals surface area (Å²) in [6.45, 7) is 2.14. The van der Waals surface area contributed by atoms with Gasteiger partial charge in [0.2, 0.25) is 0 Å². The van der Waals surface area contributed by atoms with Gasteiger partial charge in [-0.1, -0.05) is 15.9 Å². The standard InChI is InChI=1S/C17H14BrNO2S2/c1-11-2-7-16(23-11)15-10-22-17(19-15)8-13(20)9-21-14-5-3-12(18)4-6-14/h2-7,10H,8-9H2,1H3. The quantitative estimate of drug-likeness (QED) is 0.568. The molecule has 0 saturated carbocycles. The summed E-state index contributed by atoms with van der Waals surface area (Å²) in [4.78, 5) is 19.0. The molecule has 3 aromatic rings. The lowest BCUT2D eigenvalue weighted by atomic mass is 10.3. The van der Waals surface area contributed by atoms with E-state index in [1.807, 2.05) is 29.6 Å². The predicted molar refractivity (Wildman–Crippen MR) is 98.5 cm³/mol. The lowest BCUT2D eigenvalue weighted by Gasteiger charge is -2.04. The molecular weight excluding hydrogens is 394 g/mol. The van der Waals surface area contributed by atoms with Gasteiger partial charge in [0.25, 0.3) is 0 Å². The number of hydrogen-bond acceptors (Lipinski definition) is 5. The normalized spacial score (nSPS) is 10.7. The third-order valence-corrected chi connectivity index (χ3v) is 5.51. The molecule has 0 fully saturated rings. The van der Waals surface area contributed by atoms with Gasteiger partial charge in [0, 0.05) is 14.7 Å². The average molecular weight is 408 g/mol. The van der Waals surface area contributed by atoms with Gasteiger partial charge in [0.15, 0.2) is 5.78 Å². The van der Waals surface area contributed by atoms with Gasteiger partial charge in [-0.05, 0) is 43.3 Å². The molecule has 0 spiro atoms. The van der Waals surface area contributed by atoms with Crippen LogP contribution in [0.4, 0.5) is 0 Å². The van der Waals surface area contributed by atoms with Crippen LogP contribution in [-0.4, -0.2) is 17.4 Å². The SMILES string of the molecule is Cc1ccc(-c2csc(CC(=O)COc3ccc(Br)cc3)n2)s1. The van der Waals surface area contributed by atoms with Crippen molar-refractivity contribution in [2.24, 2.45) is 0 Å². The molecule has 3 rings (SSSR count). The number of hydrogen-bond donors (Lipinski definition) is 0. The summed E-state index contributed by atoms with van der Waals surface area (Å²) in [7, 11) is 0. The number of ketones is 1. The molecule has 2 aromatic heterocycles. The van der Waals surface area contributed by atoms with E-state index < -0.39 is 0 Å². The number of aryl methyl sites for hydroxylation is 1. The van der Waals surface area contributed by atoms with Crippen LogP contribution in [0.25, 0.3) is 10.6 Å². The Morgan fingerprint density at radius 1 is 1.22 bits per heavy atom. The molecular formula is C17H14BrNO2S2. The van der Waals surface area contributed by atoms with E-state index in [2.05, 4.69) is 40.0 Å². The lowest BCUT2D eigenvalue weighted by Crippen LogP contribution is -2.13. The van der Waals surface area contributed by atoms with E-state index in [1.165, 1.54) is 16.2 Å². The highest BCUT2D eigenvalue weighted by Gasteiger charge is 2.11. The molecule has 0 saturated heterocycles. The Morgan fingerprint density at radius 3 is 2.70 bits per heavy atom. The first-order valence-corrected chi connectivity index (χ1v) is 9.50. The van der Waals surface area contributed by atoms with E-state index in [1.54, 1.807) is 11.3 Å². The molecule has 0 unspecified atom stereocenters. The summed E-state index contributed by atoms with van der Waals surface area (Å²) in [6, 6.07) is 11.6. The Morgan fingerprint density at radius 2 is 2.00 bits per heavy atom. The van der Waals surface area contributed by atoms with Crippen LogP contribution in [0.2, 0.25) is 0 Å². The number of nitrogens with zero attached hydrogens (tertiary/aromatic N) is 1. The lowest BCUT2D eigenvalue weighted by molar-refractivity contribution is -0.120. The first kappa shape index (κ1) is 16.4. The van der Waals surface area contributed by atoms with Crippen LogP contribution in [0.1, 0.15) is 9.88 Å². The van der Waals surface area contributed by atoms with Crippen molar-refractivity contribution in [1.82, 2.24) is 4.98 Å². The van der Waals surface area contributed by atoms with Crippen molar-refractivity contribution in [1.29, 1.82) is 0 Å². The monoisotopic (exact) mass is 407 g/mol. The maximum atomic E-state index is 12.0. The predicted octanol–water partition coefficient (Wildman–Crippen LogP) is 5.13. The fourth-order valence-corrected chi connectivity index (χ4v) is 3.98. The van der Waals surface area contributed by atoms with Crippen molar-refractivity contribution in [3.8, 4) is 16.3 Å². The number of Topliss-reactive ketones (excluding diaryl/α,β-unsaturated/α-hetero) is 1. The number of aromatic nitrogens is 1. The Labute approximate surface area is 151 Å². The van der Waals surface area contributed by atoms with Crippen LogP contribution in [0.3, 0.4) is 0 Å². The van der Waals surface area contributed by atoms with Crippen molar-refractivity contribution < 1.29 is 9.53 Å². The van der Waals surface area contributed by atoms with Gasteiger partial charge in [-0.3, -0.25) is 4.79 Å². The van der Waals surface area contributed by atoms with Gasteiger partial charge in [-0.2, -0.15) is 0 Å². The van der Waals surface area contributed by atoms with Crippen molar-refractivity contribution in [2.75, 3.05) is 6.61 Å². The first-order valence-electron chi connectivity index (χ1n) is 7.01. The number of carbonyl (C=O) groups is 1. The van der Waals surface area contributed by atoms with E-state index in [9.17, 15) is 4.79 Å². The number of ether oxygens (including phenoxy) is 1. The van der Waals surface area contributed by atoms with E-state index in [4.69, 9.17) is 4.74 Å². The fraction of sp³-hybridized carbons (Fsp3) is 0.176. The smallest absolute Gasteiger partial charge is 0.176 e. The summed E-state index contributed by atoms with van der Waals surface area (Å²) in [5, 5.41) is 2.83. The first-order chi connectivity index (χ1) is 11.1. The van der Waals surface area contributed by atoms with Crippen LogP contribution < -0.4 is 4.74 Å².